The molecule has 0 saturated carbocycles. The molecule has 1 aromatic rings. The van der Waals surface area contributed by atoms with Gasteiger partial charge in [-0.3, -0.25) is 4.79 Å². The van der Waals surface area contributed by atoms with Crippen molar-refractivity contribution in [1.29, 1.82) is 0 Å². The topological polar surface area (TPSA) is 51.2 Å². The smallest absolute Gasteiger partial charge is 0.239 e. The first kappa shape index (κ1) is 15.7. The maximum atomic E-state index is 12.1. The number of carbonyl (C=O) groups excluding carboxylic acids is 1. The highest BCUT2D eigenvalue weighted by molar-refractivity contribution is 14.1. The average Bonchev–Trinajstić information content (AvgIpc) is 2.14. The number of hydrogen-bond donors (Lipinski definition) is 0. The van der Waals surface area contributed by atoms with E-state index in [0.717, 1.165) is 6.26 Å². The highest BCUT2D eigenvalue weighted by Gasteiger charge is 2.44. The molecule has 0 aliphatic heterocycles. The molecule has 0 fully saturated rings. The molecule has 8 heteroatoms. The van der Waals surface area contributed by atoms with Crippen LogP contribution < -0.4 is 0 Å². The van der Waals surface area contributed by atoms with Gasteiger partial charge in [-0.05, 0) is 56.7 Å². The van der Waals surface area contributed by atoms with E-state index in [4.69, 9.17) is 23.2 Å². The zero-order valence-corrected chi connectivity index (χ0v) is 14.4. The molecule has 0 bridgehead atoms. The Hall–Kier alpha value is 0.630. The molecule has 0 aromatic heterocycles. The van der Waals surface area contributed by atoms with Crippen LogP contribution in [0.4, 0.5) is 0 Å². The number of sulfone groups is 1. The third-order valence-corrected chi connectivity index (χ3v) is 8.58. The van der Waals surface area contributed by atoms with Gasteiger partial charge in [-0.25, -0.2) is 8.42 Å². The van der Waals surface area contributed by atoms with Crippen molar-refractivity contribution in [1.82, 2.24) is 0 Å². The molecule has 0 heterocycles. The summed E-state index contributed by atoms with van der Waals surface area (Å²) in [5, 5.41) is 0.492. The summed E-state index contributed by atoms with van der Waals surface area (Å²) in [6.07, 6.45) is 0.968. The normalized spacial score (nSPS) is 15.4. The van der Waals surface area contributed by atoms with E-state index in [1.807, 2.05) is 0 Å². The number of benzene rings is 1. The van der Waals surface area contributed by atoms with Crippen LogP contribution in [-0.2, 0) is 9.84 Å². The lowest BCUT2D eigenvalue weighted by molar-refractivity contribution is 0.101. The van der Waals surface area contributed by atoms with Crippen molar-refractivity contribution in [3.05, 3.63) is 33.8 Å². The fourth-order valence-electron chi connectivity index (χ4n) is 0.999. The number of Topliss-reactive ketones (excluding diaryl/α,β-unsaturated/α-hetero) is 1. The first-order chi connectivity index (χ1) is 7.57. The van der Waals surface area contributed by atoms with Gasteiger partial charge in [0.05, 0.1) is 5.02 Å². The lowest BCUT2D eigenvalue weighted by atomic mass is 10.1. The van der Waals surface area contributed by atoms with Gasteiger partial charge in [0.1, 0.15) is 0 Å². The van der Waals surface area contributed by atoms with Crippen LogP contribution in [0, 0.1) is 0 Å². The van der Waals surface area contributed by atoms with E-state index < -0.39 is 17.3 Å². The van der Waals surface area contributed by atoms with Gasteiger partial charge < -0.3 is 0 Å². The van der Waals surface area contributed by atoms with E-state index in [1.54, 1.807) is 0 Å². The molecular weight excluding hydrogens is 466 g/mol. The predicted molar refractivity (Wildman–Crippen MR) is 81.3 cm³/mol. The Balaban J connectivity index is 3.32. The molecule has 0 radical (unpaired) electrons. The van der Waals surface area contributed by atoms with E-state index in [9.17, 15) is 13.2 Å². The van der Waals surface area contributed by atoms with E-state index in [2.05, 4.69) is 15.9 Å². The largest absolute Gasteiger partial charge is 0.290 e. The molecule has 0 saturated heterocycles. The molecule has 0 unspecified atom stereocenters. The van der Waals surface area contributed by atoms with Crippen molar-refractivity contribution >= 4 is 77.3 Å². The Bertz CT molecular complexity index is 572. The van der Waals surface area contributed by atoms with Crippen molar-refractivity contribution in [2.24, 2.45) is 0 Å². The summed E-state index contributed by atoms with van der Waals surface area (Å²) < 4.78 is 21.3. The van der Waals surface area contributed by atoms with Crippen LogP contribution >= 0.6 is 61.7 Å². The summed E-state index contributed by atoms with van der Waals surface area (Å²) in [7, 11) is -3.61. The summed E-state index contributed by atoms with van der Waals surface area (Å²) >= 11 is 16.0. The van der Waals surface area contributed by atoms with Crippen molar-refractivity contribution in [3.63, 3.8) is 0 Å². The predicted octanol–water partition coefficient (Wildman–Crippen LogP) is 3.70. The van der Waals surface area contributed by atoms with Gasteiger partial charge in [0, 0.05) is 16.8 Å². The first-order valence-electron chi connectivity index (χ1n) is 4.14. The molecule has 0 amide bonds. The van der Waals surface area contributed by atoms with Crippen molar-refractivity contribution in [2.45, 2.75) is 1.66 Å². The second kappa shape index (κ2) is 5.32. The molecule has 3 nitrogen and oxygen atoms in total. The number of carbonyl (C=O) groups is 1. The van der Waals surface area contributed by atoms with Crippen molar-refractivity contribution in [3.8, 4) is 0 Å². The van der Waals surface area contributed by atoms with Gasteiger partial charge in [0.15, 0.2) is 9.84 Å². The molecule has 1 rings (SSSR count). The molecule has 1 atom stereocenters. The van der Waals surface area contributed by atoms with Crippen LogP contribution in [0.5, 0.6) is 0 Å². The van der Waals surface area contributed by atoms with Gasteiger partial charge in [-0.15, -0.1) is 0 Å². The van der Waals surface area contributed by atoms with Crippen molar-refractivity contribution in [2.75, 3.05) is 6.26 Å². The highest BCUT2D eigenvalue weighted by Crippen LogP contribution is 2.38. The number of rotatable bonds is 3. The molecule has 0 aliphatic rings. The number of halogens is 4. The molecular formula is C9H6BrCl2IO3S. The summed E-state index contributed by atoms with van der Waals surface area (Å²) in [5.74, 6) is -0.637. The minimum Gasteiger partial charge on any atom is -0.290 e. The summed E-state index contributed by atoms with van der Waals surface area (Å²) in [6, 6.07) is 4.26. The van der Waals surface area contributed by atoms with Crippen LogP contribution in [-0.4, -0.2) is 22.1 Å². The minimum atomic E-state index is -3.61. The Kier molecular flexibility index (Phi) is 4.91. The second-order valence-corrected chi connectivity index (χ2v) is 11.8. The number of ketones is 1. The number of hydrogen-bond acceptors (Lipinski definition) is 3. The van der Waals surface area contributed by atoms with Gasteiger partial charge in [0.25, 0.3) is 0 Å². The van der Waals surface area contributed by atoms with Crippen LogP contribution in [0.25, 0.3) is 0 Å². The van der Waals surface area contributed by atoms with Crippen LogP contribution in [0.1, 0.15) is 10.4 Å². The van der Waals surface area contributed by atoms with Crippen LogP contribution in [0.3, 0.4) is 0 Å². The fourth-order valence-corrected chi connectivity index (χ4v) is 2.44. The Morgan fingerprint density at radius 1 is 1.41 bits per heavy atom. The number of alkyl halides is 2. The van der Waals surface area contributed by atoms with E-state index in [0.29, 0.717) is 5.02 Å². The summed E-state index contributed by atoms with van der Waals surface area (Å²) in [4.78, 5) is 12.1. The molecule has 94 valence electrons. The van der Waals surface area contributed by atoms with Gasteiger partial charge in [-0.1, -0.05) is 23.2 Å². The third-order valence-electron chi connectivity index (χ3n) is 1.91. The monoisotopic (exact) mass is 470 g/mol. The van der Waals surface area contributed by atoms with Gasteiger partial charge in [0.2, 0.25) is 7.45 Å². The van der Waals surface area contributed by atoms with E-state index in [1.165, 1.54) is 40.8 Å². The summed E-state index contributed by atoms with van der Waals surface area (Å²) in [6.45, 7) is 0. The molecule has 0 aliphatic carbocycles. The van der Waals surface area contributed by atoms with Crippen LogP contribution in [0.2, 0.25) is 10.0 Å². The van der Waals surface area contributed by atoms with E-state index in [-0.39, 0.29) is 10.6 Å². The Labute approximate surface area is 131 Å². The zero-order chi connectivity index (χ0) is 13.4. The van der Waals surface area contributed by atoms with Crippen molar-refractivity contribution < 1.29 is 13.2 Å². The molecule has 17 heavy (non-hydrogen) atoms. The fraction of sp³-hybridized carbons (Fsp3) is 0.222. The van der Waals surface area contributed by atoms with E-state index >= 15 is 0 Å². The second-order valence-electron chi connectivity index (χ2n) is 3.24. The Morgan fingerprint density at radius 2 is 1.94 bits per heavy atom. The SMILES string of the molecule is CS(=O)(=O)[C@](Br)(I)C(=O)c1ccc(Cl)cc1Cl. The lowest BCUT2D eigenvalue weighted by Crippen LogP contribution is -2.33. The summed E-state index contributed by atoms with van der Waals surface area (Å²) in [5.41, 5.74) is 0.104. The highest BCUT2D eigenvalue weighted by atomic mass is 127. The molecule has 0 N–H and O–H groups in total. The lowest BCUT2D eigenvalue weighted by Gasteiger charge is -2.17. The van der Waals surface area contributed by atoms with Crippen LogP contribution in [0.15, 0.2) is 18.2 Å². The molecule has 0 spiro atoms. The first-order valence-corrected chi connectivity index (χ1v) is 8.66. The Morgan fingerprint density at radius 3 is 2.35 bits per heavy atom. The molecule has 1 aromatic carbocycles. The maximum absolute atomic E-state index is 12.1. The third kappa shape index (κ3) is 3.34. The van der Waals surface area contributed by atoms with Gasteiger partial charge in [-0.2, -0.15) is 0 Å². The van der Waals surface area contributed by atoms with Gasteiger partial charge >= 0.3 is 0 Å². The zero-order valence-electron chi connectivity index (χ0n) is 8.38. The maximum Gasteiger partial charge on any atom is 0.239 e. The average molecular weight is 472 g/mol. The minimum absolute atomic E-state index is 0.104. The quantitative estimate of drug-likeness (QED) is 0.384. The standard InChI is InChI=1S/C9H6BrCl2IO3S/c1-17(15,16)9(10,13)8(14)6-3-2-5(11)4-7(6)12/h2-4H,1H3/t9-/m1/s1.